The quantitative estimate of drug-likeness (QED) is 0.137. The summed E-state index contributed by atoms with van der Waals surface area (Å²) < 4.78 is 0. The van der Waals surface area contributed by atoms with Crippen molar-refractivity contribution in [2.75, 3.05) is 5.32 Å². The molecular formula is C51H59N. The van der Waals surface area contributed by atoms with Crippen LogP contribution in [0.15, 0.2) is 192 Å². The Hall–Kier alpha value is -4.88. The summed E-state index contributed by atoms with van der Waals surface area (Å²) in [6.45, 7) is 15.4. The highest BCUT2D eigenvalue weighted by atomic mass is 14.8. The fraction of sp³-hybridized carbons (Fsp3) is 0.294. The largest absolute Gasteiger partial charge is 0.362 e. The van der Waals surface area contributed by atoms with E-state index in [1.54, 1.807) is 0 Å². The van der Waals surface area contributed by atoms with Gasteiger partial charge in [-0.2, -0.15) is 0 Å². The highest BCUT2D eigenvalue weighted by Crippen LogP contribution is 2.41. The topological polar surface area (TPSA) is 12.0 Å². The van der Waals surface area contributed by atoms with E-state index in [4.69, 9.17) is 0 Å². The molecule has 2 aromatic carbocycles. The van der Waals surface area contributed by atoms with Gasteiger partial charge in [-0.1, -0.05) is 154 Å². The minimum absolute atomic E-state index is 0.109. The lowest BCUT2D eigenvalue weighted by Crippen LogP contribution is -2.12. The number of hydrogen-bond acceptors (Lipinski definition) is 1. The zero-order valence-electron chi connectivity index (χ0n) is 32.2. The van der Waals surface area contributed by atoms with Crippen molar-refractivity contribution in [2.24, 2.45) is 11.3 Å². The predicted molar refractivity (Wildman–Crippen MR) is 229 cm³/mol. The summed E-state index contributed by atoms with van der Waals surface area (Å²) in [6, 6.07) is 17.7. The van der Waals surface area contributed by atoms with E-state index >= 15 is 0 Å². The molecule has 52 heavy (non-hydrogen) atoms. The van der Waals surface area contributed by atoms with Crippen molar-refractivity contribution in [3.63, 3.8) is 0 Å². The van der Waals surface area contributed by atoms with Crippen LogP contribution >= 0.6 is 0 Å². The standard InChI is InChI=1S/C51H59N/c1-7-9-11-18-33-51(5,6)50-36-41(35-40(50)4)29-30-42(39(3)21-10-8-2)28-20-34-52-47-31-32-48(49(38-47)44-24-16-13-17-25-44)46-27-19-26-45(37-46)43-22-14-12-15-23-43/h7-9,11,13-14,16-20,22-26,28-32,34,36-39,46,52H,2,10,12,15,21,27,33,35H2,1,3-6H3/b9-7-,18-11-,30-29-,34-20+,42-28+. The van der Waals surface area contributed by atoms with Gasteiger partial charge in [-0.05, 0) is 133 Å². The van der Waals surface area contributed by atoms with Crippen LogP contribution in [-0.2, 0) is 0 Å². The first-order chi connectivity index (χ1) is 25.3. The van der Waals surface area contributed by atoms with Gasteiger partial charge >= 0.3 is 0 Å². The fourth-order valence-corrected chi connectivity index (χ4v) is 7.48. The average molecular weight is 686 g/mol. The summed E-state index contributed by atoms with van der Waals surface area (Å²) in [6.07, 6.45) is 45.7. The van der Waals surface area contributed by atoms with Crippen molar-refractivity contribution in [1.29, 1.82) is 0 Å². The molecule has 0 fully saturated rings. The first-order valence-electron chi connectivity index (χ1n) is 19.3. The second-order valence-electron chi connectivity index (χ2n) is 15.1. The zero-order valence-corrected chi connectivity index (χ0v) is 32.2. The maximum atomic E-state index is 3.97. The molecule has 1 heteroatoms. The molecule has 2 aromatic rings. The minimum atomic E-state index is 0.109. The van der Waals surface area contributed by atoms with Crippen LogP contribution in [0.4, 0.5) is 5.69 Å². The highest BCUT2D eigenvalue weighted by molar-refractivity contribution is 5.73. The van der Waals surface area contributed by atoms with Crippen LogP contribution in [0.25, 0.3) is 11.1 Å². The zero-order chi connectivity index (χ0) is 36.8. The number of hydrogen-bond donors (Lipinski definition) is 1. The van der Waals surface area contributed by atoms with Crippen molar-refractivity contribution in [2.45, 2.75) is 85.5 Å². The van der Waals surface area contributed by atoms with E-state index < -0.39 is 0 Å². The van der Waals surface area contributed by atoms with Gasteiger partial charge in [0.1, 0.15) is 0 Å². The highest BCUT2D eigenvalue weighted by Gasteiger charge is 2.26. The van der Waals surface area contributed by atoms with Crippen molar-refractivity contribution in [3.05, 3.63) is 198 Å². The summed E-state index contributed by atoms with van der Waals surface area (Å²) in [4.78, 5) is 0. The van der Waals surface area contributed by atoms with Crippen LogP contribution in [0.3, 0.4) is 0 Å². The molecule has 0 amide bonds. The number of rotatable bonds is 16. The van der Waals surface area contributed by atoms with Crippen molar-refractivity contribution in [3.8, 4) is 11.1 Å². The molecule has 0 heterocycles. The second kappa shape index (κ2) is 19.1. The van der Waals surface area contributed by atoms with E-state index in [0.717, 1.165) is 50.6 Å². The Bertz CT molecular complexity index is 1890. The normalized spacial score (nSPS) is 18.9. The molecule has 0 radical (unpaired) electrons. The molecular weight excluding hydrogens is 627 g/mol. The number of benzene rings is 2. The van der Waals surface area contributed by atoms with E-state index in [-0.39, 0.29) is 5.41 Å². The molecule has 5 rings (SSSR count). The first kappa shape index (κ1) is 38.4. The number of allylic oxidation sites excluding steroid dienone is 22. The van der Waals surface area contributed by atoms with Gasteiger partial charge in [-0.25, -0.2) is 0 Å². The monoisotopic (exact) mass is 685 g/mol. The fourth-order valence-electron chi connectivity index (χ4n) is 7.48. The van der Waals surface area contributed by atoms with Crippen LogP contribution in [0.5, 0.6) is 0 Å². The maximum Gasteiger partial charge on any atom is 0.0386 e. The molecule has 0 spiro atoms. The van der Waals surface area contributed by atoms with E-state index in [9.17, 15) is 0 Å². The Labute approximate surface area is 315 Å². The van der Waals surface area contributed by atoms with Crippen LogP contribution in [0.1, 0.15) is 91.0 Å². The first-order valence-corrected chi connectivity index (χ1v) is 19.3. The van der Waals surface area contributed by atoms with Gasteiger partial charge in [-0.15, -0.1) is 6.58 Å². The van der Waals surface area contributed by atoms with E-state index in [1.165, 1.54) is 50.1 Å². The Morgan fingerprint density at radius 1 is 1.00 bits per heavy atom. The summed E-state index contributed by atoms with van der Waals surface area (Å²) in [7, 11) is 0. The van der Waals surface area contributed by atoms with Crippen LogP contribution in [-0.4, -0.2) is 0 Å². The predicted octanol–water partition coefficient (Wildman–Crippen LogP) is 14.8. The summed E-state index contributed by atoms with van der Waals surface area (Å²) >= 11 is 0. The lowest BCUT2D eigenvalue weighted by molar-refractivity contribution is 0.462. The third-order valence-corrected chi connectivity index (χ3v) is 10.5. The molecule has 1 nitrogen and oxygen atoms in total. The molecule has 0 saturated carbocycles. The number of nitrogens with one attached hydrogen (secondary N) is 1. The van der Waals surface area contributed by atoms with Gasteiger partial charge < -0.3 is 5.32 Å². The lowest BCUT2D eigenvalue weighted by Gasteiger charge is -2.25. The molecule has 268 valence electrons. The van der Waals surface area contributed by atoms with Crippen molar-refractivity contribution < 1.29 is 0 Å². The Morgan fingerprint density at radius 3 is 2.60 bits per heavy atom. The average Bonchev–Trinajstić information content (AvgIpc) is 3.57. The summed E-state index contributed by atoms with van der Waals surface area (Å²) in [5, 5.41) is 3.59. The van der Waals surface area contributed by atoms with Gasteiger partial charge in [0.2, 0.25) is 0 Å². The summed E-state index contributed by atoms with van der Waals surface area (Å²) in [5.74, 6) is 0.760. The van der Waals surface area contributed by atoms with E-state index in [2.05, 4.69) is 192 Å². The molecule has 0 aromatic heterocycles. The van der Waals surface area contributed by atoms with Gasteiger partial charge in [0, 0.05) is 17.8 Å². The van der Waals surface area contributed by atoms with Gasteiger partial charge in [0.15, 0.2) is 0 Å². The van der Waals surface area contributed by atoms with Gasteiger partial charge in [0.25, 0.3) is 0 Å². The van der Waals surface area contributed by atoms with Gasteiger partial charge in [0.05, 0.1) is 0 Å². The number of anilines is 1. The van der Waals surface area contributed by atoms with Crippen molar-refractivity contribution >= 4 is 5.69 Å². The SMILES string of the molecule is C=CCCC(C)C(/C=C\C1=CC(C(C)(C)C/C=C\C=C/C)=C(C)C1)=C/C=C/Nc1ccc(C2C=C(C3=CCCC=C3)C=CC2)c(-c2ccccc2)c1. The Balaban J connectivity index is 1.34. The second-order valence-corrected chi connectivity index (χ2v) is 15.1. The Kier molecular flexibility index (Phi) is 14.1. The van der Waals surface area contributed by atoms with Gasteiger partial charge in [-0.3, -0.25) is 0 Å². The molecule has 3 aliphatic carbocycles. The molecule has 1 N–H and O–H groups in total. The Morgan fingerprint density at radius 2 is 1.83 bits per heavy atom. The molecule has 0 aliphatic heterocycles. The molecule has 2 unspecified atom stereocenters. The molecule has 0 bridgehead atoms. The van der Waals surface area contributed by atoms with E-state index in [0.29, 0.717) is 11.8 Å². The van der Waals surface area contributed by atoms with E-state index in [1.807, 2.05) is 6.08 Å². The van der Waals surface area contributed by atoms with Crippen LogP contribution in [0.2, 0.25) is 0 Å². The molecule has 0 saturated heterocycles. The third kappa shape index (κ3) is 10.6. The minimum Gasteiger partial charge on any atom is -0.362 e. The molecule has 2 atom stereocenters. The summed E-state index contributed by atoms with van der Waals surface area (Å²) in [5.41, 5.74) is 13.5. The lowest BCUT2D eigenvalue weighted by atomic mass is 9.80. The van der Waals surface area contributed by atoms with Crippen LogP contribution < -0.4 is 5.32 Å². The molecule has 3 aliphatic rings. The van der Waals surface area contributed by atoms with Crippen LogP contribution in [0, 0.1) is 11.3 Å². The smallest absolute Gasteiger partial charge is 0.0386 e. The van der Waals surface area contributed by atoms with Crippen molar-refractivity contribution in [1.82, 2.24) is 0 Å². The maximum absolute atomic E-state index is 3.97. The third-order valence-electron chi connectivity index (χ3n) is 10.5.